The summed E-state index contributed by atoms with van der Waals surface area (Å²) in [6.45, 7) is 3.59. The number of hydrogen-bond donors (Lipinski definition) is 1. The summed E-state index contributed by atoms with van der Waals surface area (Å²) in [5, 5.41) is 5.17. The van der Waals surface area contributed by atoms with Gasteiger partial charge in [0.15, 0.2) is 4.90 Å². The van der Waals surface area contributed by atoms with E-state index in [0.717, 1.165) is 0 Å². The fourth-order valence-electron chi connectivity index (χ4n) is 1.96. The first-order chi connectivity index (χ1) is 8.89. The summed E-state index contributed by atoms with van der Waals surface area (Å²) in [5.41, 5.74) is 0.0670. The Kier molecular flexibility index (Phi) is 1.86. The van der Waals surface area contributed by atoms with Crippen LogP contribution in [-0.2, 0) is 16.4 Å². The Hall–Kier alpha value is -1.27. The molecule has 1 heterocycles. The molecule has 0 amide bonds. The van der Waals surface area contributed by atoms with E-state index in [1.807, 2.05) is 0 Å². The van der Waals surface area contributed by atoms with Crippen molar-refractivity contribution in [2.45, 2.75) is 30.8 Å². The predicted octanol–water partition coefficient (Wildman–Crippen LogP) is 1.06. The van der Waals surface area contributed by atoms with Crippen LogP contribution >= 0.6 is 0 Å². The molecule has 0 fully saturated rings. The van der Waals surface area contributed by atoms with E-state index >= 15 is 0 Å². The number of benzene rings is 1. The van der Waals surface area contributed by atoms with Gasteiger partial charge in [0, 0.05) is 6.42 Å². The molecule has 6 heteroatoms. The van der Waals surface area contributed by atoms with Crippen molar-refractivity contribution >= 4 is 10.0 Å². The zero-order valence-electron chi connectivity index (χ0n) is 12.5. The molecule has 1 aromatic carbocycles. The normalized spacial score (nSPS) is 20.8. The Bertz CT molecular complexity index is 652. The fraction of sp³-hybridized carbons (Fsp3) is 0.455. The van der Waals surface area contributed by atoms with Crippen molar-refractivity contribution in [2.75, 3.05) is 7.04 Å². The quantitative estimate of drug-likeness (QED) is 0.862. The van der Waals surface area contributed by atoms with E-state index in [2.05, 4.69) is 0 Å². The van der Waals surface area contributed by atoms with Crippen LogP contribution in [0.4, 0.5) is 0 Å². The van der Waals surface area contributed by atoms with E-state index < -0.39 is 27.6 Å². The third-order valence-electron chi connectivity index (χ3n) is 2.55. The summed E-state index contributed by atoms with van der Waals surface area (Å²) < 4.78 is 55.0. The first-order valence-corrected chi connectivity index (χ1v) is 6.50. The van der Waals surface area contributed by atoms with Crippen molar-refractivity contribution in [3.8, 4) is 11.5 Å². The smallest absolute Gasteiger partial charge is 0.245 e. The average molecular weight is 260 g/mol. The SMILES string of the molecule is [2H]C([2H])([2H])Oc1ccc2c(c1S(N)(=O)=O)OC(C)(C)C2. The molecule has 0 spiro atoms. The fourth-order valence-corrected chi connectivity index (χ4v) is 2.78. The minimum Gasteiger partial charge on any atom is -0.495 e. The number of primary sulfonamides is 1. The van der Waals surface area contributed by atoms with Crippen LogP contribution in [0.5, 0.6) is 11.5 Å². The topological polar surface area (TPSA) is 78.6 Å². The third kappa shape index (κ3) is 2.10. The molecular formula is C11H15NO4S. The number of hydrogen-bond acceptors (Lipinski definition) is 4. The zero-order chi connectivity index (χ0) is 15.3. The van der Waals surface area contributed by atoms with Crippen LogP contribution in [0.15, 0.2) is 17.0 Å². The average Bonchev–Trinajstić information content (AvgIpc) is 2.46. The maximum atomic E-state index is 11.7. The lowest BCUT2D eigenvalue weighted by molar-refractivity contribution is 0.134. The molecule has 2 N–H and O–H groups in total. The number of methoxy groups -OCH3 is 1. The number of nitrogens with two attached hydrogens (primary N) is 1. The van der Waals surface area contributed by atoms with Gasteiger partial charge in [-0.1, -0.05) is 6.07 Å². The van der Waals surface area contributed by atoms with Crippen LogP contribution in [-0.4, -0.2) is 21.1 Å². The van der Waals surface area contributed by atoms with Crippen LogP contribution in [0.1, 0.15) is 23.5 Å². The number of ether oxygens (including phenoxy) is 2. The van der Waals surface area contributed by atoms with E-state index in [-0.39, 0.29) is 11.5 Å². The molecule has 1 aliphatic rings. The maximum absolute atomic E-state index is 11.7. The van der Waals surface area contributed by atoms with Crippen molar-refractivity contribution in [2.24, 2.45) is 5.14 Å². The Morgan fingerprint density at radius 1 is 1.53 bits per heavy atom. The van der Waals surface area contributed by atoms with Gasteiger partial charge in [0.05, 0.1) is 11.2 Å². The van der Waals surface area contributed by atoms with E-state index in [4.69, 9.17) is 18.7 Å². The predicted molar refractivity (Wildman–Crippen MR) is 62.8 cm³/mol. The van der Waals surface area contributed by atoms with Crippen LogP contribution in [0, 0.1) is 0 Å². The Morgan fingerprint density at radius 3 is 2.82 bits per heavy atom. The third-order valence-corrected chi connectivity index (χ3v) is 3.50. The molecule has 0 radical (unpaired) electrons. The van der Waals surface area contributed by atoms with Gasteiger partial charge in [-0.15, -0.1) is 0 Å². The second kappa shape index (κ2) is 3.61. The number of fused-ring (bicyclic) bond motifs is 1. The van der Waals surface area contributed by atoms with Gasteiger partial charge in [0.2, 0.25) is 10.0 Å². The van der Waals surface area contributed by atoms with E-state index in [9.17, 15) is 8.42 Å². The molecule has 0 atom stereocenters. The van der Waals surface area contributed by atoms with Gasteiger partial charge < -0.3 is 9.47 Å². The van der Waals surface area contributed by atoms with Crippen molar-refractivity contribution in [3.05, 3.63) is 17.7 Å². The molecule has 1 aliphatic heterocycles. The molecule has 5 nitrogen and oxygen atoms in total. The summed E-state index contributed by atoms with van der Waals surface area (Å²) >= 11 is 0. The standard InChI is InChI=1S/C11H15NO4S/c1-11(2)6-7-4-5-8(15-3)10(9(7)16-11)17(12,13)14/h4-5H,6H2,1-3H3,(H2,12,13,14)/i3D3. The summed E-state index contributed by atoms with van der Waals surface area (Å²) in [4.78, 5) is -0.420. The van der Waals surface area contributed by atoms with Crippen molar-refractivity contribution in [1.82, 2.24) is 0 Å². The summed E-state index contributed by atoms with van der Waals surface area (Å²) in [7, 11) is -6.96. The summed E-state index contributed by atoms with van der Waals surface area (Å²) in [6, 6.07) is 2.87. The maximum Gasteiger partial charge on any atom is 0.245 e. The zero-order valence-corrected chi connectivity index (χ0v) is 10.3. The molecule has 2 rings (SSSR count). The lowest BCUT2D eigenvalue weighted by Crippen LogP contribution is -2.25. The minimum atomic E-state index is -4.18. The highest BCUT2D eigenvalue weighted by Crippen LogP contribution is 2.43. The summed E-state index contributed by atoms with van der Waals surface area (Å²) in [5.74, 6) is -0.261. The molecule has 0 unspecified atom stereocenters. The van der Waals surface area contributed by atoms with Gasteiger partial charge in [-0.05, 0) is 25.5 Å². The van der Waals surface area contributed by atoms with Gasteiger partial charge in [-0.25, -0.2) is 13.6 Å². The molecule has 0 saturated heterocycles. The second-order valence-electron chi connectivity index (χ2n) is 4.57. The van der Waals surface area contributed by atoms with Gasteiger partial charge in [-0.3, -0.25) is 0 Å². The highest BCUT2D eigenvalue weighted by Gasteiger charge is 2.36. The van der Waals surface area contributed by atoms with Crippen molar-refractivity contribution in [3.63, 3.8) is 0 Å². The van der Waals surface area contributed by atoms with E-state index in [0.29, 0.717) is 12.0 Å². The first kappa shape index (κ1) is 8.77. The lowest BCUT2D eigenvalue weighted by atomic mass is 10.0. The van der Waals surface area contributed by atoms with Crippen LogP contribution in [0.2, 0.25) is 0 Å². The highest BCUT2D eigenvalue weighted by molar-refractivity contribution is 7.89. The second-order valence-corrected chi connectivity index (χ2v) is 6.06. The summed E-state index contributed by atoms with van der Waals surface area (Å²) in [6.07, 6.45) is 0.499. The van der Waals surface area contributed by atoms with E-state index in [1.54, 1.807) is 19.9 Å². The molecular weight excluding hydrogens is 242 g/mol. The monoisotopic (exact) mass is 260 g/mol. The van der Waals surface area contributed by atoms with Gasteiger partial charge in [0.25, 0.3) is 0 Å². The number of rotatable bonds is 2. The molecule has 0 saturated carbocycles. The van der Waals surface area contributed by atoms with Gasteiger partial charge >= 0.3 is 0 Å². The highest BCUT2D eigenvalue weighted by atomic mass is 32.2. The molecule has 0 bridgehead atoms. The molecule has 94 valence electrons. The minimum absolute atomic E-state index is 0.0688. The number of sulfonamides is 1. The van der Waals surface area contributed by atoms with Gasteiger partial charge in [0.1, 0.15) is 17.1 Å². The largest absolute Gasteiger partial charge is 0.495 e. The van der Waals surface area contributed by atoms with Crippen LogP contribution < -0.4 is 14.6 Å². The first-order valence-electron chi connectivity index (χ1n) is 6.46. The molecule has 1 aromatic rings. The molecule has 17 heavy (non-hydrogen) atoms. The van der Waals surface area contributed by atoms with Crippen LogP contribution in [0.25, 0.3) is 0 Å². The Morgan fingerprint density at radius 2 is 2.24 bits per heavy atom. The van der Waals surface area contributed by atoms with E-state index in [1.165, 1.54) is 6.07 Å². The molecule has 0 aliphatic carbocycles. The van der Waals surface area contributed by atoms with Crippen molar-refractivity contribution in [1.29, 1.82) is 0 Å². The Balaban J connectivity index is 2.63. The van der Waals surface area contributed by atoms with Crippen molar-refractivity contribution < 1.29 is 22.0 Å². The van der Waals surface area contributed by atoms with Gasteiger partial charge in [-0.2, -0.15) is 0 Å². The molecule has 0 aromatic heterocycles. The lowest BCUT2D eigenvalue weighted by Gasteiger charge is -2.18. The van der Waals surface area contributed by atoms with Crippen LogP contribution in [0.3, 0.4) is 0 Å². The Labute approximate surface area is 105 Å².